The van der Waals surface area contributed by atoms with Crippen molar-refractivity contribution in [1.29, 1.82) is 0 Å². The van der Waals surface area contributed by atoms with Gasteiger partial charge in [0.15, 0.2) is 17.3 Å². The van der Waals surface area contributed by atoms with Crippen LogP contribution in [0.2, 0.25) is 5.02 Å². The summed E-state index contributed by atoms with van der Waals surface area (Å²) in [5.74, 6) is 1.84. The molecule has 3 rings (SSSR count). The number of carbonyl (C=O) groups is 1. The second-order valence-electron chi connectivity index (χ2n) is 6.34. The van der Waals surface area contributed by atoms with Crippen LogP contribution in [0.4, 0.5) is 0 Å². The zero-order chi connectivity index (χ0) is 21.5. The lowest BCUT2D eigenvalue weighted by molar-refractivity contribution is 0.104. The second kappa shape index (κ2) is 10.5. The summed E-state index contributed by atoms with van der Waals surface area (Å²) in [6, 6.07) is 18.3. The van der Waals surface area contributed by atoms with Gasteiger partial charge in [0.1, 0.15) is 12.4 Å². The highest BCUT2D eigenvalue weighted by Gasteiger charge is 2.12. The van der Waals surface area contributed by atoms with Crippen molar-refractivity contribution in [3.05, 3.63) is 92.0 Å². The van der Waals surface area contributed by atoms with Crippen LogP contribution < -0.4 is 14.2 Å². The SMILES string of the molecule is COc1ccc(C(=O)/C=C/c2cc(I)c(OCc3ccccc3Cl)c(OC)c2)cc1. The number of hydrogen-bond donors (Lipinski definition) is 0. The van der Waals surface area contributed by atoms with Crippen molar-refractivity contribution >= 4 is 46.1 Å². The van der Waals surface area contributed by atoms with E-state index in [1.807, 2.05) is 36.4 Å². The van der Waals surface area contributed by atoms with Gasteiger partial charge in [0.05, 0.1) is 17.8 Å². The molecule has 0 aliphatic carbocycles. The van der Waals surface area contributed by atoms with Gasteiger partial charge in [-0.2, -0.15) is 0 Å². The maximum Gasteiger partial charge on any atom is 0.185 e. The van der Waals surface area contributed by atoms with E-state index in [1.165, 1.54) is 6.08 Å². The maximum absolute atomic E-state index is 12.4. The Kier molecular flexibility index (Phi) is 7.76. The van der Waals surface area contributed by atoms with Gasteiger partial charge in [-0.3, -0.25) is 4.79 Å². The lowest BCUT2D eigenvalue weighted by Gasteiger charge is -2.14. The van der Waals surface area contributed by atoms with E-state index >= 15 is 0 Å². The van der Waals surface area contributed by atoms with Gasteiger partial charge in [-0.25, -0.2) is 0 Å². The van der Waals surface area contributed by atoms with E-state index in [-0.39, 0.29) is 5.78 Å². The first-order valence-corrected chi connectivity index (χ1v) is 10.6. The van der Waals surface area contributed by atoms with Crippen LogP contribution in [0.25, 0.3) is 6.08 Å². The van der Waals surface area contributed by atoms with E-state index in [0.29, 0.717) is 34.4 Å². The summed E-state index contributed by atoms with van der Waals surface area (Å²) >= 11 is 8.40. The third-order valence-corrected chi connectivity index (χ3v) is 5.55. The van der Waals surface area contributed by atoms with E-state index in [2.05, 4.69) is 22.6 Å². The number of allylic oxidation sites excluding steroid dienone is 1. The van der Waals surface area contributed by atoms with Crippen LogP contribution in [0.15, 0.2) is 66.7 Å². The van der Waals surface area contributed by atoms with E-state index in [1.54, 1.807) is 44.6 Å². The first-order chi connectivity index (χ1) is 14.5. The van der Waals surface area contributed by atoms with Gasteiger partial charge in [0.2, 0.25) is 0 Å². The molecule has 6 heteroatoms. The van der Waals surface area contributed by atoms with E-state index in [4.69, 9.17) is 25.8 Å². The molecular weight excluding hydrogens is 515 g/mol. The van der Waals surface area contributed by atoms with Gasteiger partial charge < -0.3 is 14.2 Å². The highest BCUT2D eigenvalue weighted by atomic mass is 127. The van der Waals surface area contributed by atoms with Crippen LogP contribution in [0.5, 0.6) is 17.2 Å². The lowest BCUT2D eigenvalue weighted by Crippen LogP contribution is -2.01. The zero-order valence-electron chi connectivity index (χ0n) is 16.5. The molecule has 0 amide bonds. The predicted molar refractivity (Wildman–Crippen MR) is 128 cm³/mol. The molecule has 154 valence electrons. The number of carbonyl (C=O) groups excluding carboxylic acids is 1. The second-order valence-corrected chi connectivity index (χ2v) is 7.91. The molecule has 0 saturated carbocycles. The van der Waals surface area contributed by atoms with Crippen LogP contribution in [-0.2, 0) is 6.61 Å². The molecule has 0 saturated heterocycles. The molecular formula is C24H20ClIO4. The highest BCUT2D eigenvalue weighted by Crippen LogP contribution is 2.35. The fourth-order valence-electron chi connectivity index (χ4n) is 2.76. The van der Waals surface area contributed by atoms with Crippen LogP contribution in [-0.4, -0.2) is 20.0 Å². The fourth-order valence-corrected chi connectivity index (χ4v) is 3.74. The Labute approximate surface area is 194 Å². The van der Waals surface area contributed by atoms with Crippen LogP contribution in [0.3, 0.4) is 0 Å². The number of ketones is 1. The summed E-state index contributed by atoms with van der Waals surface area (Å²) in [6.07, 6.45) is 3.30. The van der Waals surface area contributed by atoms with Gasteiger partial charge in [-0.1, -0.05) is 35.9 Å². The number of halogens is 2. The predicted octanol–water partition coefficient (Wildman–Crippen LogP) is 6.44. The molecule has 0 radical (unpaired) electrons. The van der Waals surface area contributed by atoms with Crippen molar-refractivity contribution in [2.45, 2.75) is 6.61 Å². The Bertz CT molecular complexity index is 1060. The number of hydrogen-bond acceptors (Lipinski definition) is 4. The zero-order valence-corrected chi connectivity index (χ0v) is 19.4. The van der Waals surface area contributed by atoms with E-state index < -0.39 is 0 Å². The average molecular weight is 535 g/mol. The highest BCUT2D eigenvalue weighted by molar-refractivity contribution is 14.1. The summed E-state index contributed by atoms with van der Waals surface area (Å²) < 4.78 is 17.5. The minimum absolute atomic E-state index is 0.0920. The standard InChI is InChI=1S/C24H20ClIO4/c1-28-19-10-8-17(9-11-19)22(27)12-7-16-13-21(26)24(23(14-16)29-2)30-15-18-5-3-4-6-20(18)25/h3-14H,15H2,1-2H3/b12-7+. The largest absolute Gasteiger partial charge is 0.497 e. The Morgan fingerprint density at radius 1 is 1.03 bits per heavy atom. The molecule has 0 atom stereocenters. The van der Waals surface area contributed by atoms with Crippen molar-refractivity contribution in [2.75, 3.05) is 14.2 Å². The third kappa shape index (κ3) is 5.55. The molecule has 0 fully saturated rings. The molecule has 3 aromatic rings. The number of rotatable bonds is 8. The first kappa shape index (κ1) is 22.2. The van der Waals surface area contributed by atoms with Crippen molar-refractivity contribution in [3.63, 3.8) is 0 Å². The van der Waals surface area contributed by atoms with Gasteiger partial charge in [-0.05, 0) is 76.7 Å². The van der Waals surface area contributed by atoms with Crippen molar-refractivity contribution < 1.29 is 19.0 Å². The monoisotopic (exact) mass is 534 g/mol. The van der Waals surface area contributed by atoms with E-state index in [0.717, 1.165) is 14.7 Å². The number of methoxy groups -OCH3 is 2. The molecule has 0 aliphatic rings. The number of benzene rings is 3. The van der Waals surface area contributed by atoms with Gasteiger partial charge in [0.25, 0.3) is 0 Å². The smallest absolute Gasteiger partial charge is 0.185 e. The van der Waals surface area contributed by atoms with Gasteiger partial charge in [-0.15, -0.1) is 0 Å². The van der Waals surface area contributed by atoms with Gasteiger partial charge >= 0.3 is 0 Å². The van der Waals surface area contributed by atoms with Gasteiger partial charge in [0, 0.05) is 16.1 Å². The minimum Gasteiger partial charge on any atom is -0.497 e. The molecule has 0 unspecified atom stereocenters. The molecule has 30 heavy (non-hydrogen) atoms. The summed E-state index contributed by atoms with van der Waals surface area (Å²) in [5, 5.41) is 0.656. The molecule has 0 bridgehead atoms. The minimum atomic E-state index is -0.0920. The fraction of sp³-hybridized carbons (Fsp3) is 0.125. The molecule has 3 aromatic carbocycles. The van der Waals surface area contributed by atoms with Crippen LogP contribution in [0.1, 0.15) is 21.5 Å². The van der Waals surface area contributed by atoms with Crippen molar-refractivity contribution in [3.8, 4) is 17.2 Å². The summed E-state index contributed by atoms with van der Waals surface area (Å²) in [5.41, 5.74) is 2.32. The molecule has 0 N–H and O–H groups in total. The van der Waals surface area contributed by atoms with Crippen molar-refractivity contribution in [2.24, 2.45) is 0 Å². The molecule has 0 aromatic heterocycles. The Balaban J connectivity index is 1.76. The Hall–Kier alpha value is -2.51. The molecule has 0 aliphatic heterocycles. The average Bonchev–Trinajstić information content (AvgIpc) is 2.77. The molecule has 0 heterocycles. The normalized spacial score (nSPS) is 10.8. The van der Waals surface area contributed by atoms with E-state index in [9.17, 15) is 4.79 Å². The molecule has 0 spiro atoms. The summed E-state index contributed by atoms with van der Waals surface area (Å²) in [4.78, 5) is 12.4. The lowest BCUT2D eigenvalue weighted by atomic mass is 10.1. The van der Waals surface area contributed by atoms with Crippen molar-refractivity contribution in [1.82, 2.24) is 0 Å². The van der Waals surface area contributed by atoms with Crippen LogP contribution in [0, 0.1) is 3.57 Å². The summed E-state index contributed by atoms with van der Waals surface area (Å²) in [7, 11) is 3.18. The maximum atomic E-state index is 12.4. The Morgan fingerprint density at radius 2 is 1.77 bits per heavy atom. The van der Waals surface area contributed by atoms with Crippen LogP contribution >= 0.6 is 34.2 Å². The Morgan fingerprint density at radius 3 is 2.43 bits per heavy atom. The molecule has 4 nitrogen and oxygen atoms in total. The quantitative estimate of drug-likeness (QED) is 0.190. The number of ether oxygens (including phenoxy) is 3. The first-order valence-electron chi connectivity index (χ1n) is 9.12. The topological polar surface area (TPSA) is 44.8 Å². The summed E-state index contributed by atoms with van der Waals surface area (Å²) in [6.45, 7) is 0.331. The third-order valence-electron chi connectivity index (χ3n) is 4.38.